The summed E-state index contributed by atoms with van der Waals surface area (Å²) < 4.78 is 10.3. The fourth-order valence-electron chi connectivity index (χ4n) is 3.85. The topological polar surface area (TPSA) is 126 Å². The Morgan fingerprint density at radius 3 is 2.81 bits per heavy atom. The Labute approximate surface area is 213 Å². The van der Waals surface area contributed by atoms with Crippen LogP contribution in [0.4, 0.5) is 5.69 Å². The van der Waals surface area contributed by atoms with Crippen LogP contribution in [0.25, 0.3) is 0 Å². The molecule has 0 saturated carbocycles. The van der Waals surface area contributed by atoms with Gasteiger partial charge in [0.1, 0.15) is 17.6 Å². The number of furan rings is 1. The molecule has 3 heterocycles. The molecule has 2 aliphatic rings. The zero-order chi connectivity index (χ0) is 25.5. The molecule has 0 radical (unpaired) electrons. The molecule has 1 aromatic heterocycles. The third kappa shape index (κ3) is 5.85. The molecule has 0 aliphatic carbocycles. The number of benzene rings is 1. The maximum atomic E-state index is 13.4. The van der Waals surface area contributed by atoms with E-state index in [0.717, 1.165) is 0 Å². The molecule has 11 heteroatoms. The first kappa shape index (κ1) is 25.6. The van der Waals surface area contributed by atoms with Crippen LogP contribution in [0.15, 0.2) is 57.1 Å². The summed E-state index contributed by atoms with van der Waals surface area (Å²) in [6.07, 6.45) is 2.69. The van der Waals surface area contributed by atoms with Gasteiger partial charge in [-0.05, 0) is 37.1 Å². The Balaban J connectivity index is 1.49. The van der Waals surface area contributed by atoms with Crippen molar-refractivity contribution in [3.63, 3.8) is 0 Å². The molecular weight excluding hydrogens is 482 g/mol. The second-order valence-corrected chi connectivity index (χ2v) is 9.44. The van der Waals surface area contributed by atoms with Crippen LogP contribution in [0.5, 0.6) is 0 Å². The van der Waals surface area contributed by atoms with E-state index in [-0.39, 0.29) is 30.7 Å². The van der Waals surface area contributed by atoms with Crippen LogP contribution in [0.2, 0.25) is 0 Å². The van der Waals surface area contributed by atoms with E-state index in [1.165, 1.54) is 22.9 Å². The quantitative estimate of drug-likeness (QED) is 0.447. The van der Waals surface area contributed by atoms with Crippen molar-refractivity contribution in [1.29, 1.82) is 0 Å². The van der Waals surface area contributed by atoms with Crippen molar-refractivity contribution in [2.45, 2.75) is 44.0 Å². The average Bonchev–Trinajstić information content (AvgIpc) is 3.52. The number of nitrogens with one attached hydrogen (secondary N) is 2. The molecule has 0 spiro atoms. The van der Waals surface area contributed by atoms with E-state index in [1.807, 2.05) is 31.2 Å². The van der Waals surface area contributed by atoms with Crippen molar-refractivity contribution >= 4 is 46.2 Å². The molecule has 0 saturated heterocycles. The number of carbonyl (C=O) groups excluding carboxylic acids is 3. The van der Waals surface area contributed by atoms with E-state index < -0.39 is 11.3 Å². The number of hydrogen-bond donors (Lipinski definition) is 2. The fraction of sp³-hybridized carbons (Fsp3) is 0.400. The zero-order valence-electron chi connectivity index (χ0n) is 20.2. The number of rotatable bonds is 11. The molecule has 4 rings (SSSR count). The number of methoxy groups -OCH3 is 1. The van der Waals surface area contributed by atoms with Crippen LogP contribution < -0.4 is 10.6 Å². The lowest BCUT2D eigenvalue weighted by atomic mass is 10.1. The summed E-state index contributed by atoms with van der Waals surface area (Å²) >= 11 is 1.23. The summed E-state index contributed by atoms with van der Waals surface area (Å²) in [5.41, 5.74) is 1.38. The maximum absolute atomic E-state index is 13.4. The van der Waals surface area contributed by atoms with Crippen molar-refractivity contribution in [3.05, 3.63) is 54.0 Å². The summed E-state index contributed by atoms with van der Waals surface area (Å²) in [6, 6.07) is 10.0. The average molecular weight is 512 g/mol. The molecule has 10 nitrogen and oxygen atoms in total. The fourth-order valence-corrected chi connectivity index (χ4v) is 4.90. The molecule has 1 aromatic carbocycles. The molecular formula is C25H29N5O5S. The van der Waals surface area contributed by atoms with Crippen molar-refractivity contribution in [2.75, 3.05) is 20.3 Å². The summed E-state index contributed by atoms with van der Waals surface area (Å²) in [5.74, 6) is 0.298. The number of nitrogens with zero attached hydrogens (tertiary/aromatic N) is 3. The van der Waals surface area contributed by atoms with E-state index in [0.29, 0.717) is 54.0 Å². The summed E-state index contributed by atoms with van der Waals surface area (Å²) in [5, 5.41) is 5.62. The molecule has 36 heavy (non-hydrogen) atoms. The molecule has 190 valence electrons. The second-order valence-electron chi connectivity index (χ2n) is 8.27. The van der Waals surface area contributed by atoms with Gasteiger partial charge in [0.15, 0.2) is 5.17 Å². The smallest absolute Gasteiger partial charge is 0.259 e. The third-order valence-corrected chi connectivity index (χ3v) is 7.02. The number of para-hydroxylation sites is 1. The highest BCUT2D eigenvalue weighted by Crippen LogP contribution is 2.35. The van der Waals surface area contributed by atoms with Crippen molar-refractivity contribution in [2.24, 2.45) is 9.98 Å². The Hall–Kier alpha value is -3.44. The number of ether oxygens (including phenoxy) is 1. The number of aliphatic imine (C=N–C) groups is 2. The molecule has 3 amide bonds. The lowest BCUT2D eigenvalue weighted by molar-refractivity contribution is -0.128. The van der Waals surface area contributed by atoms with Crippen molar-refractivity contribution in [1.82, 2.24) is 15.5 Å². The van der Waals surface area contributed by atoms with Gasteiger partial charge >= 0.3 is 0 Å². The van der Waals surface area contributed by atoms with Crippen molar-refractivity contribution < 1.29 is 23.5 Å². The number of carbonyl (C=O) groups is 3. The van der Waals surface area contributed by atoms with Crippen molar-refractivity contribution in [3.8, 4) is 0 Å². The molecule has 2 atom stereocenters. The van der Waals surface area contributed by atoms with E-state index >= 15 is 0 Å². The van der Waals surface area contributed by atoms with Gasteiger partial charge in [0.25, 0.3) is 5.91 Å². The van der Waals surface area contributed by atoms with Gasteiger partial charge in [-0.1, -0.05) is 30.8 Å². The number of hydrogen-bond acceptors (Lipinski definition) is 8. The number of thioether (sulfide) groups is 1. The first-order valence-corrected chi connectivity index (χ1v) is 12.7. The Morgan fingerprint density at radius 2 is 2.06 bits per heavy atom. The minimum Gasteiger partial charge on any atom is -0.467 e. The van der Waals surface area contributed by atoms with Crippen LogP contribution >= 0.6 is 11.8 Å². The number of fused-ring (bicyclic) bond motifs is 3. The van der Waals surface area contributed by atoms with Gasteiger partial charge in [0, 0.05) is 25.8 Å². The molecule has 2 N–H and O–H groups in total. The van der Waals surface area contributed by atoms with Gasteiger partial charge in [-0.3, -0.25) is 19.4 Å². The zero-order valence-corrected chi connectivity index (χ0v) is 21.0. The molecule has 2 aromatic rings. The third-order valence-electron chi connectivity index (χ3n) is 5.70. The van der Waals surface area contributed by atoms with Gasteiger partial charge in [0.05, 0.1) is 30.2 Å². The molecule has 0 fully saturated rings. The van der Waals surface area contributed by atoms with E-state index in [1.54, 1.807) is 19.2 Å². The summed E-state index contributed by atoms with van der Waals surface area (Å²) in [7, 11) is 1.62. The van der Waals surface area contributed by atoms with E-state index in [2.05, 4.69) is 15.6 Å². The maximum Gasteiger partial charge on any atom is 0.259 e. The number of amides is 3. The minimum absolute atomic E-state index is 0.100. The summed E-state index contributed by atoms with van der Waals surface area (Å²) in [6.45, 7) is 3.21. The highest BCUT2D eigenvalue weighted by atomic mass is 32.2. The Kier molecular flexibility index (Phi) is 8.55. The second kappa shape index (κ2) is 12.0. The monoisotopic (exact) mass is 511 g/mol. The van der Waals surface area contributed by atoms with Crippen LogP contribution in [-0.4, -0.2) is 65.2 Å². The first-order valence-electron chi connectivity index (χ1n) is 11.8. The molecule has 2 aliphatic heterocycles. The highest BCUT2D eigenvalue weighted by Gasteiger charge is 2.43. The van der Waals surface area contributed by atoms with Crippen LogP contribution in [0.3, 0.4) is 0 Å². The van der Waals surface area contributed by atoms with Gasteiger partial charge < -0.3 is 19.8 Å². The lowest BCUT2D eigenvalue weighted by Gasteiger charge is -2.27. The highest BCUT2D eigenvalue weighted by molar-refractivity contribution is 8.15. The molecule has 0 unspecified atom stereocenters. The van der Waals surface area contributed by atoms with Gasteiger partial charge in [-0.2, -0.15) is 0 Å². The van der Waals surface area contributed by atoms with Crippen LogP contribution in [0, 0.1) is 0 Å². The number of amidine groups is 2. The summed E-state index contributed by atoms with van der Waals surface area (Å²) in [4.78, 5) is 49.5. The lowest BCUT2D eigenvalue weighted by Crippen LogP contribution is -2.44. The van der Waals surface area contributed by atoms with Gasteiger partial charge in [-0.25, -0.2) is 9.89 Å². The van der Waals surface area contributed by atoms with Gasteiger partial charge in [-0.15, -0.1) is 0 Å². The van der Waals surface area contributed by atoms with E-state index in [9.17, 15) is 14.4 Å². The first-order chi connectivity index (χ1) is 17.5. The Bertz CT molecular complexity index is 1160. The van der Waals surface area contributed by atoms with Crippen LogP contribution in [0.1, 0.15) is 37.5 Å². The standard InChI is InChI=1S/C25H29N5O5S/c1-3-20(23(32)26-11-7-12-34-2)36-25-29-18-10-5-4-9-17(18)22-28-19(24(33)30(22)25)14-21(31)27-15-16-8-6-13-35-16/h4-6,8-10,13,19-20H,3,7,11-12,14-15H2,1-2H3,(H,26,32)(H,27,31)/t19-,20+/m1/s1. The Morgan fingerprint density at radius 1 is 1.22 bits per heavy atom. The largest absolute Gasteiger partial charge is 0.467 e. The van der Waals surface area contributed by atoms with Crippen LogP contribution in [-0.2, 0) is 25.7 Å². The van der Waals surface area contributed by atoms with E-state index in [4.69, 9.17) is 14.1 Å². The van der Waals surface area contributed by atoms with Gasteiger partial charge in [0.2, 0.25) is 11.8 Å². The SMILES string of the molecule is CC[C@H](SC1=Nc2ccccc2C2=N[C@H](CC(=O)NCc3ccco3)C(=O)N12)C(=O)NCCCOC. The minimum atomic E-state index is -0.878. The molecule has 0 bridgehead atoms. The predicted molar refractivity (Wildman–Crippen MR) is 137 cm³/mol. The normalized spacial score (nSPS) is 17.1. The predicted octanol–water partition coefficient (Wildman–Crippen LogP) is 2.61.